The van der Waals surface area contributed by atoms with Crippen molar-refractivity contribution in [3.05, 3.63) is 52.6 Å². The van der Waals surface area contributed by atoms with Crippen molar-refractivity contribution in [2.24, 2.45) is 0 Å². The third-order valence-electron chi connectivity index (χ3n) is 5.47. The van der Waals surface area contributed by atoms with E-state index in [0.717, 1.165) is 22.3 Å². The molecule has 0 spiro atoms. The van der Waals surface area contributed by atoms with Crippen molar-refractivity contribution in [1.29, 1.82) is 0 Å². The van der Waals surface area contributed by atoms with Gasteiger partial charge >= 0.3 is 5.97 Å². The number of carbonyl (C=O) groups is 2. The van der Waals surface area contributed by atoms with Crippen LogP contribution in [0.15, 0.2) is 30.3 Å². The van der Waals surface area contributed by atoms with Gasteiger partial charge in [-0.25, -0.2) is 0 Å². The van der Waals surface area contributed by atoms with E-state index < -0.39 is 6.04 Å². The highest BCUT2D eigenvalue weighted by Crippen LogP contribution is 2.39. The molecule has 7 nitrogen and oxygen atoms in total. The van der Waals surface area contributed by atoms with Crippen LogP contribution in [0.3, 0.4) is 0 Å². The predicted molar refractivity (Wildman–Crippen MR) is 116 cm³/mol. The normalized spacial score (nSPS) is 15.1. The molecule has 3 rings (SSSR count). The number of hydrogen-bond donors (Lipinski definition) is 0. The molecular weight excluding hydrogens is 398 g/mol. The van der Waals surface area contributed by atoms with Crippen LogP contribution in [0.2, 0.25) is 0 Å². The van der Waals surface area contributed by atoms with Crippen LogP contribution in [0.1, 0.15) is 34.7 Å². The number of hydrogen-bond acceptors (Lipinski definition) is 6. The number of ether oxygens (including phenoxy) is 4. The Balaban J connectivity index is 1.86. The Bertz CT molecular complexity index is 951. The molecule has 2 aromatic rings. The van der Waals surface area contributed by atoms with Gasteiger partial charge in [-0.05, 0) is 66.8 Å². The molecule has 166 valence electrons. The van der Waals surface area contributed by atoms with E-state index in [1.807, 2.05) is 44.2 Å². The maximum absolute atomic E-state index is 13.1. The largest absolute Gasteiger partial charge is 0.493 e. The molecule has 0 saturated heterocycles. The second-order valence-electron chi connectivity index (χ2n) is 7.65. The molecule has 1 aliphatic heterocycles. The molecule has 1 aliphatic rings. The van der Waals surface area contributed by atoms with E-state index in [9.17, 15) is 9.59 Å². The first kappa shape index (κ1) is 22.5. The maximum Gasteiger partial charge on any atom is 0.307 e. The van der Waals surface area contributed by atoms with Gasteiger partial charge in [0.2, 0.25) is 0 Å². The number of methoxy groups -OCH3 is 3. The quantitative estimate of drug-likeness (QED) is 0.631. The molecule has 0 bridgehead atoms. The summed E-state index contributed by atoms with van der Waals surface area (Å²) in [5, 5.41) is 0. The van der Waals surface area contributed by atoms with Crippen molar-refractivity contribution in [3.63, 3.8) is 0 Å². The number of benzene rings is 2. The van der Waals surface area contributed by atoms with Crippen LogP contribution in [0.4, 0.5) is 0 Å². The van der Waals surface area contributed by atoms with Crippen LogP contribution in [0.5, 0.6) is 17.2 Å². The third-order valence-corrected chi connectivity index (χ3v) is 5.47. The van der Waals surface area contributed by atoms with Gasteiger partial charge in [-0.2, -0.15) is 0 Å². The minimum atomic E-state index is -0.466. The van der Waals surface area contributed by atoms with E-state index in [4.69, 9.17) is 18.9 Å². The summed E-state index contributed by atoms with van der Waals surface area (Å²) in [6.07, 6.45) is 0.691. The summed E-state index contributed by atoms with van der Waals surface area (Å²) in [7, 11) is 4.48. The van der Waals surface area contributed by atoms with E-state index >= 15 is 0 Å². The van der Waals surface area contributed by atoms with Crippen molar-refractivity contribution in [1.82, 2.24) is 4.90 Å². The zero-order chi connectivity index (χ0) is 22.5. The lowest BCUT2D eigenvalue weighted by Crippen LogP contribution is -2.43. The third kappa shape index (κ3) is 5.10. The van der Waals surface area contributed by atoms with Gasteiger partial charge in [0.05, 0.1) is 33.8 Å². The number of amides is 1. The fourth-order valence-corrected chi connectivity index (χ4v) is 4.03. The van der Waals surface area contributed by atoms with E-state index in [-0.39, 0.29) is 24.9 Å². The fourth-order valence-electron chi connectivity index (χ4n) is 4.03. The summed E-state index contributed by atoms with van der Waals surface area (Å²) >= 11 is 0. The Morgan fingerprint density at radius 1 is 0.968 bits per heavy atom. The molecule has 1 atom stereocenters. The molecule has 1 heterocycles. The number of carbonyl (C=O) groups excluding carboxylic acids is 2. The average molecular weight is 427 g/mol. The van der Waals surface area contributed by atoms with Gasteiger partial charge in [0, 0.05) is 6.54 Å². The second kappa shape index (κ2) is 9.73. The van der Waals surface area contributed by atoms with Crippen LogP contribution < -0.4 is 14.2 Å². The smallest absolute Gasteiger partial charge is 0.307 e. The van der Waals surface area contributed by atoms with Crippen LogP contribution in [-0.4, -0.2) is 51.3 Å². The highest BCUT2D eigenvalue weighted by Gasteiger charge is 2.34. The molecule has 7 heteroatoms. The van der Waals surface area contributed by atoms with Gasteiger partial charge in [0.15, 0.2) is 18.1 Å². The standard InChI is InChI=1S/C24H29NO6/c1-15-8-16(2)10-18(9-15)31-14-23(26)25-7-6-17-11-21(28-3)22(29-4)12-19(17)20(25)13-24(27)30-5/h8-12,20H,6-7,13-14H2,1-5H3/t20-/m1/s1. The lowest BCUT2D eigenvalue weighted by molar-refractivity contribution is -0.144. The number of nitrogens with zero attached hydrogens (tertiary/aromatic N) is 1. The van der Waals surface area contributed by atoms with Gasteiger partial charge in [-0.15, -0.1) is 0 Å². The van der Waals surface area contributed by atoms with Gasteiger partial charge in [-0.1, -0.05) is 6.07 Å². The summed E-state index contributed by atoms with van der Waals surface area (Å²) in [5.41, 5.74) is 4.01. The number of aryl methyl sites for hydroxylation is 2. The highest BCUT2D eigenvalue weighted by atomic mass is 16.5. The minimum Gasteiger partial charge on any atom is -0.493 e. The van der Waals surface area contributed by atoms with Crippen molar-refractivity contribution >= 4 is 11.9 Å². The van der Waals surface area contributed by atoms with Crippen LogP contribution in [0.25, 0.3) is 0 Å². The zero-order valence-electron chi connectivity index (χ0n) is 18.7. The van der Waals surface area contributed by atoms with E-state index in [0.29, 0.717) is 30.2 Å². The summed E-state index contributed by atoms with van der Waals surface area (Å²) < 4.78 is 21.5. The Kier molecular flexibility index (Phi) is 7.05. The molecule has 0 fully saturated rings. The van der Waals surface area contributed by atoms with Gasteiger partial charge in [0.25, 0.3) is 5.91 Å². The highest BCUT2D eigenvalue weighted by molar-refractivity contribution is 5.80. The van der Waals surface area contributed by atoms with Crippen molar-refractivity contribution in [2.45, 2.75) is 32.7 Å². The topological polar surface area (TPSA) is 74.3 Å². The molecule has 2 aromatic carbocycles. The van der Waals surface area contributed by atoms with Crippen LogP contribution in [0, 0.1) is 13.8 Å². The van der Waals surface area contributed by atoms with Crippen LogP contribution in [-0.2, 0) is 20.7 Å². The predicted octanol–water partition coefficient (Wildman–Crippen LogP) is 3.39. The lowest BCUT2D eigenvalue weighted by Gasteiger charge is -2.37. The number of esters is 1. The van der Waals surface area contributed by atoms with E-state index in [1.54, 1.807) is 19.1 Å². The summed E-state index contributed by atoms with van der Waals surface area (Å²) in [5.74, 6) is 1.25. The number of fused-ring (bicyclic) bond motifs is 1. The Morgan fingerprint density at radius 2 is 1.61 bits per heavy atom. The summed E-state index contributed by atoms with van der Waals surface area (Å²) in [6.45, 7) is 4.33. The fraction of sp³-hybridized carbons (Fsp3) is 0.417. The molecule has 0 aromatic heterocycles. The average Bonchev–Trinajstić information content (AvgIpc) is 2.75. The molecule has 31 heavy (non-hydrogen) atoms. The Labute approximate surface area is 182 Å². The molecule has 0 unspecified atom stereocenters. The molecule has 0 saturated carbocycles. The zero-order valence-corrected chi connectivity index (χ0v) is 18.7. The van der Waals surface area contributed by atoms with Gasteiger partial charge in [-0.3, -0.25) is 9.59 Å². The molecule has 0 radical (unpaired) electrons. The van der Waals surface area contributed by atoms with Gasteiger partial charge < -0.3 is 23.8 Å². The summed E-state index contributed by atoms with van der Waals surface area (Å²) in [6, 6.07) is 9.12. The SMILES string of the molecule is COC(=O)C[C@@H]1c2cc(OC)c(OC)cc2CCN1C(=O)COc1cc(C)cc(C)c1. The summed E-state index contributed by atoms with van der Waals surface area (Å²) in [4.78, 5) is 26.9. The van der Waals surface area contributed by atoms with Crippen molar-refractivity contribution < 1.29 is 28.5 Å². The second-order valence-corrected chi connectivity index (χ2v) is 7.65. The van der Waals surface area contributed by atoms with E-state index in [1.165, 1.54) is 7.11 Å². The van der Waals surface area contributed by atoms with Crippen molar-refractivity contribution in [2.75, 3.05) is 34.5 Å². The molecule has 0 N–H and O–H groups in total. The first-order valence-electron chi connectivity index (χ1n) is 10.2. The molecule has 1 amide bonds. The maximum atomic E-state index is 13.1. The Morgan fingerprint density at radius 3 is 2.23 bits per heavy atom. The molecule has 0 aliphatic carbocycles. The first-order chi connectivity index (χ1) is 14.9. The monoisotopic (exact) mass is 427 g/mol. The van der Waals surface area contributed by atoms with E-state index in [2.05, 4.69) is 0 Å². The van der Waals surface area contributed by atoms with Crippen LogP contribution >= 0.6 is 0 Å². The number of rotatable bonds is 7. The van der Waals surface area contributed by atoms with Crippen molar-refractivity contribution in [3.8, 4) is 17.2 Å². The minimum absolute atomic E-state index is 0.0499. The lowest BCUT2D eigenvalue weighted by atomic mass is 9.90. The first-order valence-corrected chi connectivity index (χ1v) is 10.2. The van der Waals surface area contributed by atoms with Gasteiger partial charge in [0.1, 0.15) is 5.75 Å². The molecular formula is C24H29NO6. The Hall–Kier alpha value is -3.22.